The molecular formula is C45H29N3. The van der Waals surface area contributed by atoms with E-state index in [0.717, 1.165) is 56.3 Å². The second kappa shape index (κ2) is 10.5. The number of hydrogen-bond acceptors (Lipinski definition) is 2. The molecule has 0 spiro atoms. The second-order valence-electron chi connectivity index (χ2n) is 12.5. The zero-order valence-electron chi connectivity index (χ0n) is 26.1. The SMILES string of the molecule is c1ccc(N2c3ccccc3-n3c(-c4cc(-c5ccc6ccccc6c5)cc(-c5ccc6ccccc6c5)c4)nc4cccc2c43)cc1. The van der Waals surface area contributed by atoms with Crippen LogP contribution >= 0.6 is 0 Å². The first-order valence-corrected chi connectivity index (χ1v) is 16.4. The Morgan fingerprint density at radius 2 is 0.896 bits per heavy atom. The quantitative estimate of drug-likeness (QED) is 0.197. The zero-order valence-corrected chi connectivity index (χ0v) is 26.1. The molecule has 1 aliphatic rings. The van der Waals surface area contributed by atoms with Gasteiger partial charge in [0, 0.05) is 11.3 Å². The summed E-state index contributed by atoms with van der Waals surface area (Å²) in [7, 11) is 0. The number of benzene rings is 8. The molecule has 0 saturated heterocycles. The zero-order chi connectivity index (χ0) is 31.6. The average Bonchev–Trinajstić information content (AvgIpc) is 3.56. The van der Waals surface area contributed by atoms with Gasteiger partial charge in [0.05, 0.1) is 28.1 Å². The van der Waals surface area contributed by atoms with Crippen molar-refractivity contribution in [3.8, 4) is 39.3 Å². The minimum absolute atomic E-state index is 0.933. The molecule has 0 unspecified atom stereocenters. The van der Waals surface area contributed by atoms with Crippen molar-refractivity contribution in [1.82, 2.24) is 9.55 Å². The number of hydrogen-bond donors (Lipinski definition) is 0. The first-order chi connectivity index (χ1) is 23.8. The predicted octanol–water partition coefficient (Wildman–Crippen LogP) is 12.1. The number of fused-ring (bicyclic) bond motifs is 4. The molecule has 3 heteroatoms. The molecule has 48 heavy (non-hydrogen) atoms. The van der Waals surface area contributed by atoms with E-state index in [2.05, 4.69) is 185 Å². The molecule has 0 bridgehead atoms. The monoisotopic (exact) mass is 611 g/mol. The molecule has 0 radical (unpaired) electrons. The van der Waals surface area contributed by atoms with E-state index in [9.17, 15) is 0 Å². The largest absolute Gasteiger partial charge is 0.306 e. The van der Waals surface area contributed by atoms with E-state index in [1.54, 1.807) is 0 Å². The topological polar surface area (TPSA) is 21.1 Å². The van der Waals surface area contributed by atoms with Crippen LogP contribution < -0.4 is 4.90 Å². The number of aromatic nitrogens is 2. The third-order valence-electron chi connectivity index (χ3n) is 9.63. The highest BCUT2D eigenvalue weighted by Crippen LogP contribution is 2.48. The van der Waals surface area contributed by atoms with Gasteiger partial charge in [-0.15, -0.1) is 0 Å². The fourth-order valence-corrected chi connectivity index (χ4v) is 7.37. The normalized spacial score (nSPS) is 12.1. The molecule has 10 rings (SSSR count). The van der Waals surface area contributed by atoms with Gasteiger partial charge in [-0.2, -0.15) is 0 Å². The van der Waals surface area contributed by atoms with Crippen molar-refractivity contribution in [2.75, 3.05) is 4.90 Å². The van der Waals surface area contributed by atoms with Crippen molar-refractivity contribution in [3.63, 3.8) is 0 Å². The molecule has 1 aliphatic heterocycles. The van der Waals surface area contributed by atoms with Crippen molar-refractivity contribution < 1.29 is 0 Å². The second-order valence-corrected chi connectivity index (χ2v) is 12.5. The summed E-state index contributed by atoms with van der Waals surface area (Å²) in [5.41, 5.74) is 12.3. The smallest absolute Gasteiger partial charge is 0.145 e. The van der Waals surface area contributed by atoms with Crippen LogP contribution in [0.4, 0.5) is 17.1 Å². The van der Waals surface area contributed by atoms with E-state index in [1.807, 2.05) is 0 Å². The Kier molecular flexibility index (Phi) is 5.87. The maximum atomic E-state index is 5.39. The van der Waals surface area contributed by atoms with Gasteiger partial charge < -0.3 is 4.90 Å². The van der Waals surface area contributed by atoms with Crippen LogP contribution in [-0.2, 0) is 0 Å². The van der Waals surface area contributed by atoms with Gasteiger partial charge in [-0.1, -0.05) is 109 Å². The minimum atomic E-state index is 0.933. The summed E-state index contributed by atoms with van der Waals surface area (Å²) in [6, 6.07) is 63.3. The summed E-state index contributed by atoms with van der Waals surface area (Å²) < 4.78 is 2.36. The van der Waals surface area contributed by atoms with E-state index in [4.69, 9.17) is 4.98 Å². The molecule has 3 nitrogen and oxygen atoms in total. The summed E-state index contributed by atoms with van der Waals surface area (Å²) in [6.45, 7) is 0. The van der Waals surface area contributed by atoms with Crippen LogP contribution in [0.25, 0.3) is 71.9 Å². The molecule has 0 aliphatic carbocycles. The Hall–Kier alpha value is -6.45. The maximum Gasteiger partial charge on any atom is 0.145 e. The van der Waals surface area contributed by atoms with E-state index >= 15 is 0 Å². The van der Waals surface area contributed by atoms with Crippen LogP contribution in [0, 0.1) is 0 Å². The molecule has 2 heterocycles. The van der Waals surface area contributed by atoms with Gasteiger partial charge in [0.2, 0.25) is 0 Å². The molecule has 8 aromatic carbocycles. The van der Waals surface area contributed by atoms with Gasteiger partial charge in [0.25, 0.3) is 0 Å². The van der Waals surface area contributed by atoms with Crippen LogP contribution in [0.2, 0.25) is 0 Å². The van der Waals surface area contributed by atoms with E-state index in [1.165, 1.54) is 32.7 Å². The summed E-state index contributed by atoms with van der Waals surface area (Å²) >= 11 is 0. The standard InChI is InChI=1S/C45H29N3/c1-2-15-39(16-3-1)47-41-18-8-9-19-42(41)48-44-40(17-10-20-43(44)47)46-45(48)38-28-36(34-23-21-30-11-4-6-13-32(30)25-34)27-37(29-38)35-24-22-31-12-5-7-14-33(31)26-35/h1-29H. The van der Waals surface area contributed by atoms with E-state index in [0.29, 0.717) is 0 Å². The number of anilines is 3. The molecule has 0 atom stereocenters. The van der Waals surface area contributed by atoms with Crippen molar-refractivity contribution in [3.05, 3.63) is 176 Å². The lowest BCUT2D eigenvalue weighted by Gasteiger charge is -2.33. The lowest BCUT2D eigenvalue weighted by atomic mass is 9.93. The maximum absolute atomic E-state index is 5.39. The molecule has 224 valence electrons. The van der Waals surface area contributed by atoms with Crippen molar-refractivity contribution in [2.24, 2.45) is 0 Å². The minimum Gasteiger partial charge on any atom is -0.306 e. The summed E-state index contributed by atoms with van der Waals surface area (Å²) in [4.78, 5) is 7.74. The molecule has 1 aromatic heterocycles. The molecule has 9 aromatic rings. The van der Waals surface area contributed by atoms with Gasteiger partial charge >= 0.3 is 0 Å². The van der Waals surface area contributed by atoms with Crippen molar-refractivity contribution in [1.29, 1.82) is 0 Å². The lowest BCUT2D eigenvalue weighted by Crippen LogP contribution is -2.18. The van der Waals surface area contributed by atoms with Gasteiger partial charge in [0.15, 0.2) is 0 Å². The average molecular weight is 612 g/mol. The Morgan fingerprint density at radius 3 is 1.56 bits per heavy atom. The molecule has 0 fully saturated rings. The molecule has 0 amide bonds. The summed E-state index contributed by atoms with van der Waals surface area (Å²) in [5.74, 6) is 0.933. The van der Waals surface area contributed by atoms with Crippen LogP contribution in [0.3, 0.4) is 0 Å². The summed E-state index contributed by atoms with van der Waals surface area (Å²) in [6.07, 6.45) is 0. The molecule has 0 N–H and O–H groups in total. The number of nitrogens with zero attached hydrogens (tertiary/aromatic N) is 3. The first kappa shape index (κ1) is 26.7. The predicted molar refractivity (Wildman–Crippen MR) is 201 cm³/mol. The Labute approximate surface area is 278 Å². The number of para-hydroxylation sites is 4. The van der Waals surface area contributed by atoms with Crippen LogP contribution in [-0.4, -0.2) is 9.55 Å². The fourth-order valence-electron chi connectivity index (χ4n) is 7.37. The van der Waals surface area contributed by atoms with Crippen LogP contribution in [0.1, 0.15) is 0 Å². The third kappa shape index (κ3) is 4.18. The fraction of sp³-hybridized carbons (Fsp3) is 0. The van der Waals surface area contributed by atoms with Crippen LogP contribution in [0.15, 0.2) is 176 Å². The highest BCUT2D eigenvalue weighted by Gasteiger charge is 2.29. The third-order valence-corrected chi connectivity index (χ3v) is 9.63. The Morgan fingerprint density at radius 1 is 0.354 bits per heavy atom. The highest BCUT2D eigenvalue weighted by molar-refractivity contribution is 6.03. The highest BCUT2D eigenvalue weighted by atomic mass is 15.2. The Balaban J connectivity index is 1.25. The lowest BCUT2D eigenvalue weighted by molar-refractivity contribution is 1.06. The van der Waals surface area contributed by atoms with E-state index in [-0.39, 0.29) is 0 Å². The van der Waals surface area contributed by atoms with Crippen LogP contribution in [0.5, 0.6) is 0 Å². The van der Waals surface area contributed by atoms with Gasteiger partial charge in [0.1, 0.15) is 5.82 Å². The summed E-state index contributed by atoms with van der Waals surface area (Å²) in [5, 5.41) is 4.94. The van der Waals surface area contributed by atoms with Gasteiger partial charge in [-0.3, -0.25) is 4.57 Å². The van der Waals surface area contributed by atoms with Gasteiger partial charge in [-0.05, 0) is 111 Å². The van der Waals surface area contributed by atoms with Gasteiger partial charge in [-0.25, -0.2) is 4.98 Å². The molecule has 0 saturated carbocycles. The number of rotatable bonds is 4. The van der Waals surface area contributed by atoms with E-state index < -0.39 is 0 Å². The number of imidazole rings is 1. The van der Waals surface area contributed by atoms with Crippen molar-refractivity contribution >= 4 is 49.6 Å². The molecular weight excluding hydrogens is 583 g/mol. The first-order valence-electron chi connectivity index (χ1n) is 16.4. The van der Waals surface area contributed by atoms with Crippen molar-refractivity contribution in [2.45, 2.75) is 0 Å². The Bertz CT molecular complexity index is 2590.